The van der Waals surface area contributed by atoms with Crippen molar-refractivity contribution in [1.82, 2.24) is 0 Å². The Labute approximate surface area is 167 Å². The molecule has 3 rings (SSSR count). The van der Waals surface area contributed by atoms with Crippen molar-refractivity contribution >= 4 is 32.1 Å². The number of sulfone groups is 1. The van der Waals surface area contributed by atoms with Gasteiger partial charge in [-0.25, -0.2) is 13.2 Å². The third-order valence-electron chi connectivity index (χ3n) is 4.22. The van der Waals surface area contributed by atoms with Crippen LogP contribution in [0.1, 0.15) is 21.5 Å². The zero-order valence-electron chi connectivity index (χ0n) is 15.3. The van der Waals surface area contributed by atoms with Gasteiger partial charge in [-0.2, -0.15) is 0 Å². The number of rotatable bonds is 6. The molecular formula is C20H19NO5S2. The monoisotopic (exact) mass is 417 g/mol. The van der Waals surface area contributed by atoms with Gasteiger partial charge in [-0.3, -0.25) is 0 Å². The van der Waals surface area contributed by atoms with Crippen molar-refractivity contribution in [3.05, 3.63) is 71.3 Å². The largest absolute Gasteiger partial charge is 0.497 e. The summed E-state index contributed by atoms with van der Waals surface area (Å²) in [5, 5.41) is 0.116. The van der Waals surface area contributed by atoms with Crippen LogP contribution in [0.4, 0.5) is 5.00 Å². The molecule has 3 aromatic rings. The van der Waals surface area contributed by atoms with E-state index in [0.29, 0.717) is 11.3 Å². The average molecular weight is 418 g/mol. The van der Waals surface area contributed by atoms with E-state index in [1.165, 1.54) is 26.4 Å². The van der Waals surface area contributed by atoms with Gasteiger partial charge >= 0.3 is 5.97 Å². The summed E-state index contributed by atoms with van der Waals surface area (Å²) in [5.74, 6) is -0.111. The van der Waals surface area contributed by atoms with E-state index in [1.54, 1.807) is 12.1 Å². The average Bonchev–Trinajstić information content (AvgIpc) is 3.04. The van der Waals surface area contributed by atoms with Crippen LogP contribution in [0.2, 0.25) is 0 Å². The topological polar surface area (TPSA) is 95.7 Å². The zero-order valence-corrected chi connectivity index (χ0v) is 17.0. The molecule has 0 aliphatic carbocycles. The summed E-state index contributed by atoms with van der Waals surface area (Å²) in [6, 6.07) is 15.4. The van der Waals surface area contributed by atoms with Gasteiger partial charge in [0.1, 0.15) is 15.0 Å². The van der Waals surface area contributed by atoms with Gasteiger partial charge in [-0.1, -0.05) is 30.3 Å². The Bertz CT molecular complexity index is 1090. The Kier molecular flexibility index (Phi) is 5.71. The molecule has 0 saturated heterocycles. The van der Waals surface area contributed by atoms with Crippen molar-refractivity contribution in [2.24, 2.45) is 0 Å². The number of methoxy groups -OCH3 is 2. The molecule has 8 heteroatoms. The third kappa shape index (κ3) is 3.74. The van der Waals surface area contributed by atoms with E-state index in [1.807, 2.05) is 30.3 Å². The minimum Gasteiger partial charge on any atom is -0.497 e. The summed E-state index contributed by atoms with van der Waals surface area (Å²) < 4.78 is 36.5. The van der Waals surface area contributed by atoms with Crippen molar-refractivity contribution < 1.29 is 22.7 Å². The number of hydrogen-bond acceptors (Lipinski definition) is 7. The first-order chi connectivity index (χ1) is 13.4. The predicted octanol–water partition coefficient (Wildman–Crippen LogP) is 3.55. The molecule has 1 heterocycles. The van der Waals surface area contributed by atoms with Gasteiger partial charge in [0.25, 0.3) is 0 Å². The molecule has 0 spiro atoms. The molecule has 0 fully saturated rings. The molecule has 0 radical (unpaired) electrons. The molecule has 0 aliphatic heterocycles. The maximum absolute atomic E-state index is 13.3. The molecule has 0 unspecified atom stereocenters. The number of anilines is 1. The molecule has 6 nitrogen and oxygen atoms in total. The highest BCUT2D eigenvalue weighted by Gasteiger charge is 2.31. The van der Waals surface area contributed by atoms with Crippen LogP contribution in [0.25, 0.3) is 0 Å². The second kappa shape index (κ2) is 8.04. The van der Waals surface area contributed by atoms with Gasteiger partial charge in [-0.15, -0.1) is 11.3 Å². The Morgan fingerprint density at radius 3 is 2.25 bits per heavy atom. The maximum Gasteiger partial charge on any atom is 0.341 e. The van der Waals surface area contributed by atoms with Crippen LogP contribution in [0.3, 0.4) is 0 Å². The number of esters is 1. The van der Waals surface area contributed by atoms with Gasteiger partial charge in [-0.05, 0) is 29.8 Å². The summed E-state index contributed by atoms with van der Waals surface area (Å²) >= 11 is 0.873. The minimum atomic E-state index is -3.88. The number of hydrogen-bond donors (Lipinski definition) is 1. The summed E-state index contributed by atoms with van der Waals surface area (Å²) in [4.78, 5) is 12.4. The fourth-order valence-electron chi connectivity index (χ4n) is 2.83. The maximum atomic E-state index is 13.3. The van der Waals surface area contributed by atoms with Crippen molar-refractivity contribution in [2.45, 2.75) is 15.5 Å². The predicted molar refractivity (Wildman–Crippen MR) is 108 cm³/mol. The number of nitrogen functional groups attached to an aromatic ring is 1. The molecule has 28 heavy (non-hydrogen) atoms. The van der Waals surface area contributed by atoms with Crippen LogP contribution in [0.5, 0.6) is 5.75 Å². The first kappa shape index (κ1) is 19.9. The highest BCUT2D eigenvalue weighted by Crippen LogP contribution is 2.39. The minimum absolute atomic E-state index is 0.0411. The lowest BCUT2D eigenvalue weighted by molar-refractivity contribution is 0.0601. The Morgan fingerprint density at radius 2 is 1.68 bits per heavy atom. The molecule has 0 amide bonds. The van der Waals surface area contributed by atoms with Crippen molar-refractivity contribution in [3.8, 4) is 5.75 Å². The molecule has 0 saturated carbocycles. The van der Waals surface area contributed by atoms with Crippen LogP contribution in [-0.2, 0) is 21.0 Å². The van der Waals surface area contributed by atoms with Gasteiger partial charge in [0, 0.05) is 12.0 Å². The lowest BCUT2D eigenvalue weighted by atomic mass is 10.0. The summed E-state index contributed by atoms with van der Waals surface area (Å²) in [5.41, 5.74) is 7.33. The number of nitrogens with two attached hydrogens (primary N) is 1. The molecule has 0 atom stereocenters. The van der Waals surface area contributed by atoms with Crippen molar-refractivity contribution in [2.75, 3.05) is 20.0 Å². The van der Waals surface area contributed by atoms with Crippen molar-refractivity contribution in [3.63, 3.8) is 0 Å². The van der Waals surface area contributed by atoms with Crippen LogP contribution in [0, 0.1) is 0 Å². The zero-order chi connectivity index (χ0) is 20.3. The fourth-order valence-corrected chi connectivity index (χ4v) is 5.84. The molecule has 2 aromatic carbocycles. The number of carbonyl (C=O) groups is 1. The Morgan fingerprint density at radius 1 is 1.04 bits per heavy atom. The summed E-state index contributed by atoms with van der Waals surface area (Å²) in [7, 11) is -1.14. The fraction of sp³-hybridized carbons (Fsp3) is 0.150. The van der Waals surface area contributed by atoms with E-state index < -0.39 is 15.8 Å². The molecule has 2 N–H and O–H groups in total. The number of thiophene rings is 1. The molecule has 0 aliphatic rings. The number of benzene rings is 2. The van der Waals surface area contributed by atoms with Gasteiger partial charge in [0.2, 0.25) is 9.84 Å². The van der Waals surface area contributed by atoms with Crippen LogP contribution in [-0.4, -0.2) is 28.6 Å². The first-order valence-electron chi connectivity index (χ1n) is 8.31. The van der Waals surface area contributed by atoms with E-state index >= 15 is 0 Å². The van der Waals surface area contributed by atoms with Gasteiger partial charge in [0.15, 0.2) is 0 Å². The lowest BCUT2D eigenvalue weighted by Crippen LogP contribution is -2.09. The second-order valence-electron chi connectivity index (χ2n) is 5.94. The second-order valence-corrected chi connectivity index (χ2v) is 9.14. The van der Waals surface area contributed by atoms with E-state index in [-0.39, 0.29) is 26.1 Å². The SMILES string of the molecule is COC(=O)c1c(N)sc(S(=O)(=O)c2ccc(OC)cc2)c1Cc1ccccc1. The number of carbonyl (C=O) groups excluding carboxylic acids is 1. The molecule has 1 aromatic heterocycles. The van der Waals surface area contributed by atoms with Gasteiger partial charge < -0.3 is 15.2 Å². The highest BCUT2D eigenvalue weighted by atomic mass is 32.2. The van der Waals surface area contributed by atoms with Crippen LogP contribution < -0.4 is 10.5 Å². The lowest BCUT2D eigenvalue weighted by Gasteiger charge is -2.09. The molecular weight excluding hydrogens is 398 g/mol. The smallest absolute Gasteiger partial charge is 0.341 e. The first-order valence-corrected chi connectivity index (χ1v) is 10.6. The quantitative estimate of drug-likeness (QED) is 0.616. The van der Waals surface area contributed by atoms with E-state index in [0.717, 1.165) is 16.9 Å². The Hall–Kier alpha value is -2.84. The van der Waals surface area contributed by atoms with E-state index in [4.69, 9.17) is 15.2 Å². The molecule has 0 bridgehead atoms. The van der Waals surface area contributed by atoms with Crippen LogP contribution in [0.15, 0.2) is 63.7 Å². The van der Waals surface area contributed by atoms with Crippen molar-refractivity contribution in [1.29, 1.82) is 0 Å². The Balaban J connectivity index is 2.17. The summed E-state index contributed by atoms with van der Waals surface area (Å²) in [6.07, 6.45) is 0.240. The van der Waals surface area contributed by atoms with Crippen LogP contribution >= 0.6 is 11.3 Å². The molecule has 146 valence electrons. The van der Waals surface area contributed by atoms with E-state index in [9.17, 15) is 13.2 Å². The third-order valence-corrected chi connectivity index (χ3v) is 7.62. The van der Waals surface area contributed by atoms with Gasteiger partial charge in [0.05, 0.1) is 24.7 Å². The number of ether oxygens (including phenoxy) is 2. The highest BCUT2D eigenvalue weighted by molar-refractivity contribution is 7.93. The summed E-state index contributed by atoms with van der Waals surface area (Å²) in [6.45, 7) is 0. The standard InChI is InChI=1S/C20H19NO5S2/c1-25-14-8-10-15(11-9-14)28(23,24)20-16(12-13-6-4-3-5-7-13)17(18(21)27-20)19(22)26-2/h3-11H,12,21H2,1-2H3. The normalized spacial score (nSPS) is 11.2. The van der Waals surface area contributed by atoms with E-state index in [2.05, 4.69) is 0 Å².